The molecule has 1 saturated heterocycles. The minimum atomic E-state index is -0.301. The van der Waals surface area contributed by atoms with Gasteiger partial charge in [0, 0.05) is 30.5 Å². The molecule has 0 aliphatic carbocycles. The lowest BCUT2D eigenvalue weighted by molar-refractivity contribution is 0.416. The third-order valence-electron chi connectivity index (χ3n) is 5.10. The fraction of sp³-hybridized carbons (Fsp3) is 0.250. The number of fused-ring (bicyclic) bond motifs is 2. The van der Waals surface area contributed by atoms with Gasteiger partial charge in [0.05, 0.1) is 22.9 Å². The van der Waals surface area contributed by atoms with Crippen LogP contribution in [0.2, 0.25) is 0 Å². The quantitative estimate of drug-likeness (QED) is 0.541. The molecule has 3 heterocycles. The highest BCUT2D eigenvalue weighted by Crippen LogP contribution is 2.33. The molecule has 0 bridgehead atoms. The van der Waals surface area contributed by atoms with E-state index in [1.165, 1.54) is 12.1 Å². The fourth-order valence-corrected chi connectivity index (χ4v) is 3.71. The molecule has 1 fully saturated rings. The summed E-state index contributed by atoms with van der Waals surface area (Å²) < 4.78 is 18.6. The van der Waals surface area contributed by atoms with Crippen molar-refractivity contribution in [2.75, 3.05) is 18.0 Å². The Labute approximate surface area is 149 Å². The maximum absolute atomic E-state index is 13.3. The van der Waals surface area contributed by atoms with Crippen molar-refractivity contribution in [1.29, 1.82) is 0 Å². The summed E-state index contributed by atoms with van der Waals surface area (Å²) in [6, 6.07) is 12.5. The van der Waals surface area contributed by atoms with Crippen LogP contribution in [-0.2, 0) is 0 Å². The highest BCUT2D eigenvalue weighted by Gasteiger charge is 2.26. The van der Waals surface area contributed by atoms with Crippen molar-refractivity contribution in [3.8, 4) is 0 Å². The van der Waals surface area contributed by atoms with Crippen LogP contribution >= 0.6 is 0 Å². The first-order chi connectivity index (χ1) is 12.8. The zero-order valence-corrected chi connectivity index (χ0v) is 14.1. The van der Waals surface area contributed by atoms with Crippen molar-refractivity contribution in [3.63, 3.8) is 0 Å². The Kier molecular flexibility index (Phi) is 3.55. The summed E-state index contributed by atoms with van der Waals surface area (Å²) in [5.74, 6) is 0.922. The minimum Gasteiger partial charge on any atom is -0.356 e. The van der Waals surface area contributed by atoms with E-state index in [4.69, 9.17) is 9.51 Å². The van der Waals surface area contributed by atoms with Crippen LogP contribution in [0.15, 0.2) is 53.2 Å². The zero-order valence-electron chi connectivity index (χ0n) is 14.1. The van der Waals surface area contributed by atoms with Gasteiger partial charge in [-0.2, -0.15) is 0 Å². The largest absolute Gasteiger partial charge is 0.356 e. The lowest BCUT2D eigenvalue weighted by Crippen LogP contribution is -2.33. The van der Waals surface area contributed by atoms with E-state index in [2.05, 4.69) is 15.0 Å². The molecule has 6 heteroatoms. The summed E-state index contributed by atoms with van der Waals surface area (Å²) in [6.07, 6.45) is 3.75. The number of rotatable bonds is 2. The summed E-state index contributed by atoms with van der Waals surface area (Å²) >= 11 is 0. The van der Waals surface area contributed by atoms with Crippen LogP contribution in [0.3, 0.4) is 0 Å². The number of benzene rings is 2. The smallest absolute Gasteiger partial charge is 0.170 e. The van der Waals surface area contributed by atoms with Gasteiger partial charge in [-0.3, -0.25) is 4.98 Å². The number of halogens is 1. The molecule has 2 aromatic carbocycles. The molecular formula is C20H17FN4O. The Bertz CT molecular complexity index is 1090. The van der Waals surface area contributed by atoms with E-state index < -0.39 is 0 Å². The van der Waals surface area contributed by atoms with E-state index in [1.54, 1.807) is 6.07 Å². The van der Waals surface area contributed by atoms with Gasteiger partial charge in [-0.05, 0) is 37.1 Å². The Balaban J connectivity index is 1.36. The first kappa shape index (κ1) is 15.3. The van der Waals surface area contributed by atoms with Crippen LogP contribution in [0.1, 0.15) is 24.5 Å². The normalized spacial score (nSPS) is 15.8. The van der Waals surface area contributed by atoms with Crippen LogP contribution in [0.25, 0.3) is 22.0 Å². The number of hydrogen-bond acceptors (Lipinski definition) is 5. The predicted octanol–water partition coefficient (Wildman–Crippen LogP) is 4.29. The van der Waals surface area contributed by atoms with Gasteiger partial charge in [0.2, 0.25) is 0 Å². The maximum Gasteiger partial charge on any atom is 0.170 e. The average molecular weight is 348 g/mol. The maximum atomic E-state index is 13.3. The molecule has 0 N–H and O–H groups in total. The predicted molar refractivity (Wildman–Crippen MR) is 97.7 cm³/mol. The van der Waals surface area contributed by atoms with Crippen molar-refractivity contribution >= 4 is 27.8 Å². The molecule has 0 spiro atoms. The van der Waals surface area contributed by atoms with Crippen LogP contribution in [0, 0.1) is 5.82 Å². The van der Waals surface area contributed by atoms with Crippen LogP contribution in [0.5, 0.6) is 0 Å². The number of hydrogen-bond donors (Lipinski definition) is 0. The minimum absolute atomic E-state index is 0.301. The summed E-state index contributed by atoms with van der Waals surface area (Å²) in [4.78, 5) is 11.5. The number of piperidine rings is 1. The SMILES string of the molecule is Fc1ccc2c(C3CCN(c4cnc5ccccc5n4)CC3)noc2c1. The van der Waals surface area contributed by atoms with Gasteiger partial charge in [0.1, 0.15) is 11.6 Å². The first-order valence-corrected chi connectivity index (χ1v) is 8.79. The molecule has 4 aromatic rings. The monoisotopic (exact) mass is 348 g/mol. The third kappa shape index (κ3) is 2.58. The molecule has 1 aliphatic rings. The second kappa shape index (κ2) is 6.05. The van der Waals surface area contributed by atoms with E-state index in [0.717, 1.165) is 53.9 Å². The van der Waals surface area contributed by atoms with Crippen LogP contribution < -0.4 is 4.90 Å². The Hall–Kier alpha value is -3.02. The molecule has 5 nitrogen and oxygen atoms in total. The molecule has 2 aromatic heterocycles. The second-order valence-electron chi connectivity index (χ2n) is 6.69. The number of para-hydroxylation sites is 2. The van der Waals surface area contributed by atoms with E-state index in [-0.39, 0.29) is 5.82 Å². The molecule has 0 saturated carbocycles. The van der Waals surface area contributed by atoms with Crippen molar-refractivity contribution in [3.05, 3.63) is 60.2 Å². The standard InChI is InChI=1S/C20H17FN4O/c21-14-5-6-15-18(11-14)26-24-20(15)13-7-9-25(10-8-13)19-12-22-16-3-1-2-4-17(16)23-19/h1-6,11-13H,7-10H2. The third-order valence-corrected chi connectivity index (χ3v) is 5.10. The summed E-state index contributed by atoms with van der Waals surface area (Å²) in [5.41, 5.74) is 3.27. The molecular weight excluding hydrogens is 331 g/mol. The topological polar surface area (TPSA) is 55.1 Å². The van der Waals surface area contributed by atoms with Crippen LogP contribution in [-0.4, -0.2) is 28.2 Å². The van der Waals surface area contributed by atoms with Gasteiger partial charge < -0.3 is 9.42 Å². The molecule has 0 unspecified atom stereocenters. The van der Waals surface area contributed by atoms with Gasteiger partial charge in [0.25, 0.3) is 0 Å². The highest BCUT2D eigenvalue weighted by molar-refractivity contribution is 5.80. The Morgan fingerprint density at radius 1 is 1.04 bits per heavy atom. The molecule has 130 valence electrons. The van der Waals surface area contributed by atoms with E-state index in [0.29, 0.717) is 11.5 Å². The highest BCUT2D eigenvalue weighted by atomic mass is 19.1. The van der Waals surface area contributed by atoms with Gasteiger partial charge in [-0.25, -0.2) is 9.37 Å². The van der Waals surface area contributed by atoms with Gasteiger partial charge in [-0.1, -0.05) is 17.3 Å². The van der Waals surface area contributed by atoms with Crippen molar-refractivity contribution in [2.24, 2.45) is 0 Å². The molecule has 0 radical (unpaired) electrons. The average Bonchev–Trinajstić information content (AvgIpc) is 3.10. The number of aromatic nitrogens is 3. The lowest BCUT2D eigenvalue weighted by atomic mass is 9.91. The number of anilines is 1. The fourth-order valence-electron chi connectivity index (χ4n) is 3.71. The van der Waals surface area contributed by atoms with Crippen molar-refractivity contribution in [2.45, 2.75) is 18.8 Å². The van der Waals surface area contributed by atoms with Gasteiger partial charge in [0.15, 0.2) is 5.58 Å². The number of nitrogens with zero attached hydrogens (tertiary/aromatic N) is 4. The molecule has 1 aliphatic heterocycles. The Morgan fingerprint density at radius 2 is 1.85 bits per heavy atom. The molecule has 5 rings (SSSR count). The molecule has 0 atom stereocenters. The lowest BCUT2D eigenvalue weighted by Gasteiger charge is -2.31. The first-order valence-electron chi connectivity index (χ1n) is 8.79. The van der Waals surface area contributed by atoms with E-state index in [9.17, 15) is 4.39 Å². The Morgan fingerprint density at radius 3 is 2.69 bits per heavy atom. The molecule has 26 heavy (non-hydrogen) atoms. The summed E-state index contributed by atoms with van der Waals surface area (Å²) in [5, 5.41) is 5.12. The second-order valence-corrected chi connectivity index (χ2v) is 6.69. The van der Waals surface area contributed by atoms with Gasteiger partial charge >= 0.3 is 0 Å². The van der Waals surface area contributed by atoms with Crippen molar-refractivity contribution in [1.82, 2.24) is 15.1 Å². The summed E-state index contributed by atoms with van der Waals surface area (Å²) in [6.45, 7) is 1.76. The molecule has 0 amide bonds. The summed E-state index contributed by atoms with van der Waals surface area (Å²) in [7, 11) is 0. The van der Waals surface area contributed by atoms with E-state index in [1.807, 2.05) is 30.5 Å². The van der Waals surface area contributed by atoms with Crippen LogP contribution in [0.4, 0.5) is 10.2 Å². The van der Waals surface area contributed by atoms with Crippen molar-refractivity contribution < 1.29 is 8.91 Å². The zero-order chi connectivity index (χ0) is 17.5. The van der Waals surface area contributed by atoms with E-state index >= 15 is 0 Å². The van der Waals surface area contributed by atoms with Gasteiger partial charge in [-0.15, -0.1) is 0 Å².